The fourth-order valence-corrected chi connectivity index (χ4v) is 10.6. The second-order valence-corrected chi connectivity index (χ2v) is 24.1. The molecule has 0 aliphatic rings. The smallest absolute Gasteiger partial charge is 0.306 e. The Bertz CT molecular complexity index is 1440. The monoisotopic (exact) mass is 1130 g/mol. The average molecular weight is 1130 g/mol. The summed E-state index contributed by atoms with van der Waals surface area (Å²) in [5.74, 6) is -0.867. The van der Waals surface area contributed by atoms with Gasteiger partial charge in [-0.2, -0.15) is 0 Å². The number of hydrogen-bond donors (Lipinski definition) is 0. The highest BCUT2D eigenvalue weighted by atomic mass is 16.6. The highest BCUT2D eigenvalue weighted by molar-refractivity contribution is 5.71. The van der Waals surface area contributed by atoms with E-state index in [2.05, 4.69) is 81.5 Å². The first kappa shape index (κ1) is 78.1. The van der Waals surface area contributed by atoms with Crippen LogP contribution in [0.1, 0.15) is 380 Å². The van der Waals surface area contributed by atoms with Crippen LogP contribution >= 0.6 is 0 Å². The molecule has 1 unspecified atom stereocenters. The van der Waals surface area contributed by atoms with Gasteiger partial charge < -0.3 is 14.2 Å². The van der Waals surface area contributed by atoms with Gasteiger partial charge in [0, 0.05) is 19.3 Å². The molecule has 0 radical (unpaired) electrons. The van der Waals surface area contributed by atoms with Gasteiger partial charge in [0.1, 0.15) is 13.2 Å². The highest BCUT2D eigenvalue weighted by Gasteiger charge is 2.19. The zero-order valence-electron chi connectivity index (χ0n) is 54.3. The van der Waals surface area contributed by atoms with Crippen molar-refractivity contribution in [1.82, 2.24) is 0 Å². The third-order valence-electron chi connectivity index (χ3n) is 16.0. The van der Waals surface area contributed by atoms with Gasteiger partial charge in [-0.05, 0) is 109 Å². The van der Waals surface area contributed by atoms with E-state index in [1.807, 2.05) is 0 Å². The van der Waals surface area contributed by atoms with Gasteiger partial charge in [-0.25, -0.2) is 0 Å². The maximum absolute atomic E-state index is 13.0. The summed E-state index contributed by atoms with van der Waals surface area (Å²) in [6.45, 7) is 6.66. The molecule has 0 amide bonds. The van der Waals surface area contributed by atoms with Gasteiger partial charge in [0.15, 0.2) is 6.10 Å². The van der Waals surface area contributed by atoms with E-state index in [1.165, 1.54) is 263 Å². The van der Waals surface area contributed by atoms with Crippen LogP contribution < -0.4 is 0 Å². The van der Waals surface area contributed by atoms with Crippen molar-refractivity contribution >= 4 is 17.9 Å². The second-order valence-electron chi connectivity index (χ2n) is 24.1. The summed E-state index contributed by atoms with van der Waals surface area (Å²) in [4.78, 5) is 38.4. The first-order chi connectivity index (χ1) is 40.0. The fraction of sp³-hybridized carbons (Fsp3) is 0.827. The number of unbranched alkanes of at least 4 members (excludes halogenated alkanes) is 45. The molecule has 472 valence electrons. The van der Waals surface area contributed by atoms with Crippen LogP contribution in [-0.2, 0) is 28.6 Å². The summed E-state index contributed by atoms with van der Waals surface area (Å²) in [6, 6.07) is 0. The summed E-state index contributed by atoms with van der Waals surface area (Å²) < 4.78 is 17.0. The minimum atomic E-state index is -0.780. The van der Waals surface area contributed by atoms with Crippen LogP contribution in [0.25, 0.3) is 0 Å². The first-order valence-electron chi connectivity index (χ1n) is 35.8. The van der Waals surface area contributed by atoms with Crippen molar-refractivity contribution in [3.8, 4) is 0 Å². The van der Waals surface area contributed by atoms with Crippen LogP contribution in [0.4, 0.5) is 0 Å². The molecule has 0 saturated carbocycles. The number of esters is 3. The Balaban J connectivity index is 4.27. The van der Waals surface area contributed by atoms with Gasteiger partial charge in [-0.1, -0.05) is 313 Å². The van der Waals surface area contributed by atoms with Gasteiger partial charge >= 0.3 is 17.9 Å². The van der Waals surface area contributed by atoms with E-state index in [0.717, 1.165) is 77.0 Å². The predicted octanol–water partition coefficient (Wildman–Crippen LogP) is 24.7. The zero-order chi connectivity index (χ0) is 58.5. The van der Waals surface area contributed by atoms with Crippen LogP contribution in [0, 0.1) is 0 Å². The first-order valence-corrected chi connectivity index (χ1v) is 35.8. The molecule has 6 heteroatoms. The number of allylic oxidation sites excluding steroid dienone is 10. The molecule has 0 fully saturated rings. The van der Waals surface area contributed by atoms with E-state index in [4.69, 9.17) is 14.2 Å². The predicted molar refractivity (Wildman–Crippen MR) is 353 cm³/mol. The zero-order valence-corrected chi connectivity index (χ0v) is 54.3. The van der Waals surface area contributed by atoms with Gasteiger partial charge in [0.2, 0.25) is 0 Å². The Morgan fingerprint density at radius 1 is 0.247 bits per heavy atom. The quantitative estimate of drug-likeness (QED) is 0.0261. The molecule has 0 rings (SSSR count). The van der Waals surface area contributed by atoms with E-state index in [1.54, 1.807) is 0 Å². The summed E-state index contributed by atoms with van der Waals surface area (Å²) in [7, 11) is 0. The fourth-order valence-electron chi connectivity index (χ4n) is 10.6. The van der Waals surface area contributed by atoms with Crippen molar-refractivity contribution in [1.29, 1.82) is 0 Å². The van der Waals surface area contributed by atoms with E-state index in [0.29, 0.717) is 19.3 Å². The Morgan fingerprint density at radius 2 is 0.444 bits per heavy atom. The van der Waals surface area contributed by atoms with Crippen LogP contribution in [0.5, 0.6) is 0 Å². The number of rotatable bonds is 66. The van der Waals surface area contributed by atoms with Gasteiger partial charge in [-0.3, -0.25) is 14.4 Å². The van der Waals surface area contributed by atoms with Crippen molar-refractivity contribution in [2.24, 2.45) is 0 Å². The van der Waals surface area contributed by atoms with E-state index < -0.39 is 6.10 Å². The lowest BCUT2D eigenvalue weighted by atomic mass is 10.0. The minimum absolute atomic E-state index is 0.0762. The average Bonchev–Trinajstić information content (AvgIpc) is 3.46. The molecule has 0 aliphatic carbocycles. The summed E-state index contributed by atoms with van der Waals surface area (Å²) >= 11 is 0. The lowest BCUT2D eigenvalue weighted by Crippen LogP contribution is -2.30. The Labute approximate surface area is 504 Å². The van der Waals surface area contributed by atoms with Crippen LogP contribution in [-0.4, -0.2) is 37.2 Å². The van der Waals surface area contributed by atoms with E-state index in [-0.39, 0.29) is 31.1 Å². The molecule has 0 saturated heterocycles. The van der Waals surface area contributed by atoms with Crippen molar-refractivity contribution < 1.29 is 28.6 Å². The molecular weight excluding hydrogens is 997 g/mol. The maximum Gasteiger partial charge on any atom is 0.306 e. The molecule has 0 spiro atoms. The summed E-state index contributed by atoms with van der Waals surface area (Å²) in [6.07, 6.45) is 89.6. The molecule has 0 aromatic heterocycles. The third-order valence-corrected chi connectivity index (χ3v) is 16.0. The maximum atomic E-state index is 13.0. The minimum Gasteiger partial charge on any atom is -0.462 e. The number of ether oxygens (including phenoxy) is 3. The highest BCUT2D eigenvalue weighted by Crippen LogP contribution is 2.18. The Kier molecular flexibility index (Phi) is 67.1. The molecule has 81 heavy (non-hydrogen) atoms. The normalized spacial score (nSPS) is 12.4. The SMILES string of the molecule is CCCCCC/C=C\CCCCCCCC(=O)OCC(COC(=O)CCCCCCCCCCCC/C=C\C/C=C\C/C=C\CCCCCCC)OC(=O)CCCCCCCCCCCCCCC/C=C\CCCCCCCCCC. The Morgan fingerprint density at radius 3 is 0.716 bits per heavy atom. The molecule has 0 N–H and O–H groups in total. The molecule has 6 nitrogen and oxygen atoms in total. The Hall–Kier alpha value is -2.89. The standard InChI is InChI=1S/C75H136O6/c1-4-7-10-13-16-19-22-25-27-29-31-33-35-37-39-41-43-45-47-50-53-56-59-62-65-68-74(77)80-71-72(70-79-73(76)67-64-61-58-55-52-49-24-21-18-15-12-9-6-3)81-75(78)69-66-63-60-57-54-51-48-46-44-42-40-38-36-34-32-30-28-26-23-20-17-14-11-8-5-2/h21-22,24-25,29-32,35,37,72H,4-20,23,26-28,33-34,36,38-71H2,1-3H3/b24-21-,25-22-,31-29-,32-30-,37-35-. The largest absolute Gasteiger partial charge is 0.462 e. The van der Waals surface area contributed by atoms with Crippen molar-refractivity contribution in [2.75, 3.05) is 13.2 Å². The molecule has 0 aliphatic heterocycles. The lowest BCUT2D eigenvalue weighted by molar-refractivity contribution is -0.167. The lowest BCUT2D eigenvalue weighted by Gasteiger charge is -2.18. The molecule has 1 atom stereocenters. The summed E-state index contributed by atoms with van der Waals surface area (Å²) in [5.41, 5.74) is 0. The van der Waals surface area contributed by atoms with Gasteiger partial charge in [-0.15, -0.1) is 0 Å². The molecular formula is C75H136O6. The van der Waals surface area contributed by atoms with E-state index in [9.17, 15) is 14.4 Å². The van der Waals surface area contributed by atoms with Crippen LogP contribution in [0.3, 0.4) is 0 Å². The second kappa shape index (κ2) is 69.6. The third kappa shape index (κ3) is 67.8. The molecule has 0 bridgehead atoms. The molecule has 0 aromatic carbocycles. The number of carbonyl (C=O) groups is 3. The van der Waals surface area contributed by atoms with E-state index >= 15 is 0 Å². The van der Waals surface area contributed by atoms with Gasteiger partial charge in [0.05, 0.1) is 0 Å². The van der Waals surface area contributed by atoms with Gasteiger partial charge in [0.25, 0.3) is 0 Å². The number of hydrogen-bond acceptors (Lipinski definition) is 6. The summed E-state index contributed by atoms with van der Waals surface area (Å²) in [5, 5.41) is 0. The van der Waals surface area contributed by atoms with Crippen molar-refractivity contribution in [2.45, 2.75) is 386 Å². The molecule has 0 aromatic rings. The van der Waals surface area contributed by atoms with Crippen molar-refractivity contribution in [3.05, 3.63) is 60.8 Å². The molecule has 0 heterocycles. The van der Waals surface area contributed by atoms with Crippen LogP contribution in [0.2, 0.25) is 0 Å². The topological polar surface area (TPSA) is 78.9 Å². The van der Waals surface area contributed by atoms with Crippen LogP contribution in [0.15, 0.2) is 60.8 Å². The van der Waals surface area contributed by atoms with Crippen molar-refractivity contribution in [3.63, 3.8) is 0 Å². The number of carbonyl (C=O) groups excluding carboxylic acids is 3.